The van der Waals surface area contributed by atoms with E-state index in [1.807, 2.05) is 0 Å². The zero-order valence-electron chi connectivity index (χ0n) is 16.1. The molecule has 5 nitrogen and oxygen atoms in total. The van der Waals surface area contributed by atoms with Crippen molar-refractivity contribution in [3.63, 3.8) is 0 Å². The Morgan fingerprint density at radius 3 is 2.58 bits per heavy atom. The van der Waals surface area contributed by atoms with Crippen molar-refractivity contribution in [2.75, 3.05) is 26.2 Å². The van der Waals surface area contributed by atoms with E-state index in [-0.39, 0.29) is 5.92 Å². The highest BCUT2D eigenvalue weighted by Gasteiger charge is 2.33. The van der Waals surface area contributed by atoms with Crippen LogP contribution in [0.1, 0.15) is 57.0 Å². The Labute approximate surface area is 157 Å². The summed E-state index contributed by atoms with van der Waals surface area (Å²) in [5, 5.41) is 3.20. The molecular formula is C21H33N3O2. The molecule has 3 heterocycles. The zero-order valence-corrected chi connectivity index (χ0v) is 16.1. The molecule has 0 unspecified atom stereocenters. The number of hydrogen-bond donors (Lipinski definition) is 1. The Morgan fingerprint density at radius 1 is 1.12 bits per heavy atom. The summed E-state index contributed by atoms with van der Waals surface area (Å²) in [6.07, 6.45) is 7.95. The predicted molar refractivity (Wildman–Crippen MR) is 102 cm³/mol. The number of furan rings is 1. The lowest BCUT2D eigenvalue weighted by molar-refractivity contribution is -0.127. The second-order valence-corrected chi connectivity index (χ2v) is 8.35. The monoisotopic (exact) mass is 359 g/mol. The predicted octanol–water partition coefficient (Wildman–Crippen LogP) is 2.80. The number of amides is 1. The standard InChI is InChI=1S/C21H33N3O2/c1-2-19-7-8-20(26-19)15-23-12-9-18(10-13-23)24-11-3-4-16(14-24)21(25)22-17-5-6-17/h7-8,16-18H,2-6,9-15H2,1H3,(H,22,25)/t16-/m1/s1. The van der Waals surface area contributed by atoms with Crippen LogP contribution in [0, 0.1) is 5.92 Å². The lowest BCUT2D eigenvalue weighted by atomic mass is 9.93. The molecule has 0 spiro atoms. The van der Waals surface area contributed by atoms with Gasteiger partial charge in [0.1, 0.15) is 11.5 Å². The lowest BCUT2D eigenvalue weighted by Crippen LogP contribution is -2.50. The van der Waals surface area contributed by atoms with Crippen LogP contribution in [-0.2, 0) is 17.8 Å². The van der Waals surface area contributed by atoms with Crippen molar-refractivity contribution >= 4 is 5.91 Å². The minimum atomic E-state index is 0.206. The van der Waals surface area contributed by atoms with Crippen LogP contribution in [0.4, 0.5) is 0 Å². The second-order valence-electron chi connectivity index (χ2n) is 8.35. The highest BCUT2D eigenvalue weighted by molar-refractivity contribution is 5.79. The first-order chi connectivity index (χ1) is 12.7. The van der Waals surface area contributed by atoms with Crippen LogP contribution in [0.5, 0.6) is 0 Å². The van der Waals surface area contributed by atoms with E-state index in [9.17, 15) is 4.79 Å². The van der Waals surface area contributed by atoms with Crippen LogP contribution in [-0.4, -0.2) is 54.0 Å². The van der Waals surface area contributed by atoms with Crippen molar-refractivity contribution in [1.82, 2.24) is 15.1 Å². The molecule has 4 rings (SSSR count). The van der Waals surface area contributed by atoms with Gasteiger partial charge < -0.3 is 9.73 Å². The number of piperidine rings is 2. The summed E-state index contributed by atoms with van der Waals surface area (Å²) in [7, 11) is 0. The molecule has 0 radical (unpaired) electrons. The van der Waals surface area contributed by atoms with Crippen LogP contribution in [0.15, 0.2) is 16.5 Å². The highest BCUT2D eigenvalue weighted by atomic mass is 16.3. The van der Waals surface area contributed by atoms with E-state index in [0.29, 0.717) is 18.0 Å². The van der Waals surface area contributed by atoms with Gasteiger partial charge in [0.05, 0.1) is 12.5 Å². The molecule has 1 saturated carbocycles. The van der Waals surface area contributed by atoms with Gasteiger partial charge in [-0.1, -0.05) is 6.92 Å². The first-order valence-corrected chi connectivity index (χ1v) is 10.6. The Balaban J connectivity index is 1.23. The topological polar surface area (TPSA) is 48.7 Å². The number of hydrogen-bond acceptors (Lipinski definition) is 4. The highest BCUT2D eigenvalue weighted by Crippen LogP contribution is 2.26. The van der Waals surface area contributed by atoms with Crippen LogP contribution >= 0.6 is 0 Å². The summed E-state index contributed by atoms with van der Waals surface area (Å²) in [6.45, 7) is 7.44. The molecule has 1 aromatic heterocycles. The van der Waals surface area contributed by atoms with Gasteiger partial charge in [0, 0.05) is 38.1 Å². The van der Waals surface area contributed by atoms with E-state index in [0.717, 1.165) is 63.5 Å². The van der Waals surface area contributed by atoms with Crippen molar-refractivity contribution in [2.24, 2.45) is 5.92 Å². The van der Waals surface area contributed by atoms with E-state index in [4.69, 9.17) is 4.42 Å². The lowest BCUT2D eigenvalue weighted by Gasteiger charge is -2.41. The number of aryl methyl sites for hydroxylation is 1. The van der Waals surface area contributed by atoms with Crippen molar-refractivity contribution in [3.8, 4) is 0 Å². The Kier molecular flexibility index (Phi) is 5.65. The minimum absolute atomic E-state index is 0.206. The molecule has 1 aromatic rings. The third-order valence-corrected chi connectivity index (χ3v) is 6.27. The van der Waals surface area contributed by atoms with Gasteiger partial charge in [0.2, 0.25) is 5.91 Å². The molecular weight excluding hydrogens is 326 g/mol. The summed E-state index contributed by atoms with van der Waals surface area (Å²) < 4.78 is 5.86. The number of nitrogens with zero attached hydrogens (tertiary/aromatic N) is 2. The third-order valence-electron chi connectivity index (χ3n) is 6.27. The third kappa shape index (κ3) is 4.49. The van der Waals surface area contributed by atoms with Crippen LogP contribution in [0.2, 0.25) is 0 Å². The molecule has 1 amide bonds. The van der Waals surface area contributed by atoms with E-state index in [1.54, 1.807) is 0 Å². The zero-order chi connectivity index (χ0) is 17.9. The molecule has 1 aliphatic carbocycles. The maximum Gasteiger partial charge on any atom is 0.224 e. The molecule has 3 aliphatic rings. The number of carbonyl (C=O) groups excluding carboxylic acids is 1. The van der Waals surface area contributed by atoms with Gasteiger partial charge in [0.15, 0.2) is 0 Å². The molecule has 144 valence electrons. The number of nitrogens with one attached hydrogen (secondary N) is 1. The number of likely N-dealkylation sites (tertiary alicyclic amines) is 2. The first kappa shape index (κ1) is 18.1. The molecule has 2 aliphatic heterocycles. The van der Waals surface area contributed by atoms with Gasteiger partial charge in [0.25, 0.3) is 0 Å². The summed E-state index contributed by atoms with van der Waals surface area (Å²) >= 11 is 0. The fourth-order valence-corrected chi connectivity index (χ4v) is 4.46. The summed E-state index contributed by atoms with van der Waals surface area (Å²) in [6, 6.07) is 5.35. The maximum atomic E-state index is 12.4. The largest absolute Gasteiger partial charge is 0.465 e. The SMILES string of the molecule is CCc1ccc(CN2CCC(N3CCC[C@@H](C(=O)NC4CC4)C3)CC2)o1. The van der Waals surface area contributed by atoms with Crippen molar-refractivity contribution < 1.29 is 9.21 Å². The van der Waals surface area contributed by atoms with Crippen LogP contribution in [0.25, 0.3) is 0 Å². The van der Waals surface area contributed by atoms with Crippen LogP contribution < -0.4 is 5.32 Å². The van der Waals surface area contributed by atoms with Gasteiger partial charge in [-0.3, -0.25) is 14.6 Å². The summed E-state index contributed by atoms with van der Waals surface area (Å²) in [4.78, 5) is 17.5. The Morgan fingerprint density at radius 2 is 1.88 bits per heavy atom. The fraction of sp³-hybridized carbons (Fsp3) is 0.762. The molecule has 0 bridgehead atoms. The fourth-order valence-electron chi connectivity index (χ4n) is 4.46. The Hall–Kier alpha value is -1.33. The summed E-state index contributed by atoms with van der Waals surface area (Å²) in [5.74, 6) is 2.69. The van der Waals surface area contributed by atoms with Crippen molar-refractivity contribution in [3.05, 3.63) is 23.7 Å². The smallest absolute Gasteiger partial charge is 0.224 e. The van der Waals surface area contributed by atoms with Gasteiger partial charge in [-0.25, -0.2) is 0 Å². The van der Waals surface area contributed by atoms with Gasteiger partial charge >= 0.3 is 0 Å². The first-order valence-electron chi connectivity index (χ1n) is 10.6. The minimum Gasteiger partial charge on any atom is -0.465 e. The van der Waals surface area contributed by atoms with E-state index >= 15 is 0 Å². The van der Waals surface area contributed by atoms with Crippen molar-refractivity contribution in [2.45, 2.75) is 70.5 Å². The number of rotatable bonds is 6. The van der Waals surface area contributed by atoms with E-state index in [2.05, 4.69) is 34.2 Å². The van der Waals surface area contributed by atoms with Gasteiger partial charge in [-0.2, -0.15) is 0 Å². The molecule has 3 fully saturated rings. The molecule has 1 atom stereocenters. The van der Waals surface area contributed by atoms with E-state index in [1.165, 1.54) is 25.7 Å². The average Bonchev–Trinajstić information content (AvgIpc) is 3.38. The van der Waals surface area contributed by atoms with Crippen molar-refractivity contribution in [1.29, 1.82) is 0 Å². The Bertz CT molecular complexity index is 602. The van der Waals surface area contributed by atoms with Gasteiger partial charge in [-0.05, 0) is 57.2 Å². The summed E-state index contributed by atoms with van der Waals surface area (Å²) in [5.41, 5.74) is 0. The number of carbonyl (C=O) groups is 1. The molecule has 26 heavy (non-hydrogen) atoms. The normalized spacial score (nSPS) is 26.1. The second kappa shape index (κ2) is 8.13. The molecule has 0 aromatic carbocycles. The molecule has 2 saturated heterocycles. The molecule has 1 N–H and O–H groups in total. The quantitative estimate of drug-likeness (QED) is 0.848. The average molecular weight is 360 g/mol. The van der Waals surface area contributed by atoms with Crippen LogP contribution in [0.3, 0.4) is 0 Å². The molecule has 5 heteroatoms. The van der Waals surface area contributed by atoms with Gasteiger partial charge in [-0.15, -0.1) is 0 Å². The maximum absolute atomic E-state index is 12.4. The van der Waals surface area contributed by atoms with E-state index < -0.39 is 0 Å².